The van der Waals surface area contributed by atoms with Gasteiger partial charge in [0, 0.05) is 18.1 Å². The third-order valence-electron chi connectivity index (χ3n) is 4.01. The maximum absolute atomic E-state index is 12.7. The minimum Gasteiger partial charge on any atom is -0.342 e. The van der Waals surface area contributed by atoms with Crippen molar-refractivity contribution in [2.45, 2.75) is 25.7 Å². The SMILES string of the molecule is CC(C)(C(=O)N1CCC(CN)C1)c1ccc(Cl)cc1. The summed E-state index contributed by atoms with van der Waals surface area (Å²) in [6, 6.07) is 7.52. The number of likely N-dealkylation sites (tertiary alicyclic amines) is 1. The number of rotatable bonds is 3. The fourth-order valence-corrected chi connectivity index (χ4v) is 2.72. The predicted molar refractivity (Wildman–Crippen MR) is 78.2 cm³/mol. The van der Waals surface area contributed by atoms with Gasteiger partial charge >= 0.3 is 0 Å². The maximum Gasteiger partial charge on any atom is 0.232 e. The normalized spacial score (nSPS) is 19.8. The van der Waals surface area contributed by atoms with Gasteiger partial charge in [0.25, 0.3) is 0 Å². The summed E-state index contributed by atoms with van der Waals surface area (Å²) in [6.07, 6.45) is 1.01. The molecule has 3 nitrogen and oxygen atoms in total. The Kier molecular flexibility index (Phi) is 4.16. The Morgan fingerprint density at radius 1 is 1.42 bits per heavy atom. The van der Waals surface area contributed by atoms with Gasteiger partial charge in [0.1, 0.15) is 0 Å². The molecule has 0 aliphatic carbocycles. The lowest BCUT2D eigenvalue weighted by molar-refractivity contribution is -0.135. The molecule has 2 rings (SSSR count). The third-order valence-corrected chi connectivity index (χ3v) is 4.26. The molecule has 1 aliphatic rings. The van der Waals surface area contributed by atoms with Crippen molar-refractivity contribution in [1.82, 2.24) is 4.90 Å². The van der Waals surface area contributed by atoms with Gasteiger partial charge in [-0.05, 0) is 50.4 Å². The van der Waals surface area contributed by atoms with Gasteiger partial charge in [0.15, 0.2) is 0 Å². The van der Waals surface area contributed by atoms with E-state index in [2.05, 4.69) is 0 Å². The van der Waals surface area contributed by atoms with Crippen LogP contribution >= 0.6 is 11.6 Å². The zero-order valence-electron chi connectivity index (χ0n) is 11.5. The van der Waals surface area contributed by atoms with Crippen LogP contribution in [0.3, 0.4) is 0 Å². The number of halogens is 1. The van der Waals surface area contributed by atoms with Crippen LogP contribution in [0.4, 0.5) is 0 Å². The molecule has 0 spiro atoms. The number of nitrogens with two attached hydrogens (primary N) is 1. The maximum atomic E-state index is 12.7. The molecule has 0 bridgehead atoms. The van der Waals surface area contributed by atoms with Crippen molar-refractivity contribution in [3.63, 3.8) is 0 Å². The first kappa shape index (κ1) is 14.4. The van der Waals surface area contributed by atoms with E-state index in [0.29, 0.717) is 17.5 Å². The smallest absolute Gasteiger partial charge is 0.232 e. The lowest BCUT2D eigenvalue weighted by Crippen LogP contribution is -2.42. The summed E-state index contributed by atoms with van der Waals surface area (Å²) in [6.45, 7) is 6.19. The van der Waals surface area contributed by atoms with Crippen LogP contribution in [0.1, 0.15) is 25.8 Å². The lowest BCUT2D eigenvalue weighted by atomic mass is 9.83. The Bertz CT molecular complexity index is 456. The molecule has 4 heteroatoms. The molecule has 1 heterocycles. The second kappa shape index (κ2) is 5.51. The topological polar surface area (TPSA) is 46.3 Å². The Balaban J connectivity index is 2.15. The van der Waals surface area contributed by atoms with E-state index in [1.54, 1.807) is 0 Å². The van der Waals surface area contributed by atoms with Crippen LogP contribution < -0.4 is 5.73 Å². The van der Waals surface area contributed by atoms with Crippen LogP contribution in [0.2, 0.25) is 5.02 Å². The first-order valence-electron chi connectivity index (χ1n) is 6.70. The number of benzene rings is 1. The highest BCUT2D eigenvalue weighted by Gasteiger charge is 2.36. The molecule has 0 aromatic heterocycles. The van der Waals surface area contributed by atoms with Gasteiger partial charge in [-0.1, -0.05) is 23.7 Å². The summed E-state index contributed by atoms with van der Waals surface area (Å²) < 4.78 is 0. The highest BCUT2D eigenvalue weighted by molar-refractivity contribution is 6.30. The lowest BCUT2D eigenvalue weighted by Gasteiger charge is -2.30. The zero-order valence-corrected chi connectivity index (χ0v) is 12.3. The van der Waals surface area contributed by atoms with E-state index in [4.69, 9.17) is 17.3 Å². The summed E-state index contributed by atoms with van der Waals surface area (Å²) >= 11 is 5.90. The number of carbonyl (C=O) groups is 1. The van der Waals surface area contributed by atoms with Gasteiger partial charge in [-0.2, -0.15) is 0 Å². The fourth-order valence-electron chi connectivity index (χ4n) is 2.59. The minimum absolute atomic E-state index is 0.172. The largest absolute Gasteiger partial charge is 0.342 e. The molecule has 104 valence electrons. The molecule has 19 heavy (non-hydrogen) atoms. The average Bonchev–Trinajstić information content (AvgIpc) is 2.87. The Hall–Kier alpha value is -1.06. The first-order valence-corrected chi connectivity index (χ1v) is 7.08. The van der Waals surface area contributed by atoms with Crippen molar-refractivity contribution in [3.05, 3.63) is 34.9 Å². The van der Waals surface area contributed by atoms with Gasteiger partial charge in [-0.25, -0.2) is 0 Å². The van der Waals surface area contributed by atoms with E-state index in [-0.39, 0.29) is 5.91 Å². The standard InChI is InChI=1S/C15H21ClN2O/c1-15(2,12-3-5-13(16)6-4-12)14(19)18-8-7-11(9-17)10-18/h3-6,11H,7-10,17H2,1-2H3. The Morgan fingerprint density at radius 2 is 2.05 bits per heavy atom. The molecule has 1 atom stereocenters. The van der Waals surface area contributed by atoms with E-state index in [0.717, 1.165) is 25.1 Å². The second-order valence-corrected chi connectivity index (χ2v) is 6.21. The van der Waals surface area contributed by atoms with Crippen LogP contribution in [0.5, 0.6) is 0 Å². The van der Waals surface area contributed by atoms with E-state index < -0.39 is 5.41 Å². The number of amides is 1. The van der Waals surface area contributed by atoms with Crippen molar-refractivity contribution in [2.75, 3.05) is 19.6 Å². The van der Waals surface area contributed by atoms with Gasteiger partial charge in [-0.15, -0.1) is 0 Å². The zero-order chi connectivity index (χ0) is 14.0. The monoisotopic (exact) mass is 280 g/mol. The van der Waals surface area contributed by atoms with Crippen molar-refractivity contribution in [1.29, 1.82) is 0 Å². The van der Waals surface area contributed by atoms with Crippen molar-refractivity contribution in [2.24, 2.45) is 11.7 Å². The van der Waals surface area contributed by atoms with Crippen LogP contribution in [0.25, 0.3) is 0 Å². The highest BCUT2D eigenvalue weighted by atomic mass is 35.5. The summed E-state index contributed by atoms with van der Waals surface area (Å²) in [5.41, 5.74) is 6.16. The molecule has 1 amide bonds. The first-order chi connectivity index (χ1) is 8.95. The molecule has 0 saturated carbocycles. The van der Waals surface area contributed by atoms with Crippen LogP contribution in [-0.4, -0.2) is 30.4 Å². The average molecular weight is 281 g/mol. The van der Waals surface area contributed by atoms with Crippen LogP contribution in [0.15, 0.2) is 24.3 Å². The summed E-state index contributed by atoms with van der Waals surface area (Å²) in [5.74, 6) is 0.621. The molecule has 1 fully saturated rings. The minimum atomic E-state index is -0.520. The fraction of sp³-hybridized carbons (Fsp3) is 0.533. The van der Waals surface area contributed by atoms with Crippen LogP contribution in [0, 0.1) is 5.92 Å². The van der Waals surface area contributed by atoms with Gasteiger partial charge in [-0.3, -0.25) is 4.79 Å². The van der Waals surface area contributed by atoms with E-state index in [1.807, 2.05) is 43.0 Å². The molecule has 1 aromatic rings. The third kappa shape index (κ3) is 2.93. The Morgan fingerprint density at radius 3 is 2.58 bits per heavy atom. The van der Waals surface area contributed by atoms with Gasteiger partial charge < -0.3 is 10.6 Å². The molecule has 1 unspecified atom stereocenters. The number of nitrogens with zero attached hydrogens (tertiary/aromatic N) is 1. The second-order valence-electron chi connectivity index (χ2n) is 5.77. The number of carbonyl (C=O) groups excluding carboxylic acids is 1. The van der Waals surface area contributed by atoms with E-state index in [9.17, 15) is 4.79 Å². The van der Waals surface area contributed by atoms with Crippen LogP contribution in [-0.2, 0) is 10.2 Å². The van der Waals surface area contributed by atoms with Crippen molar-refractivity contribution in [3.8, 4) is 0 Å². The molecule has 1 aromatic carbocycles. The number of hydrogen-bond acceptors (Lipinski definition) is 2. The molecular weight excluding hydrogens is 260 g/mol. The quantitative estimate of drug-likeness (QED) is 0.924. The molecule has 2 N–H and O–H groups in total. The molecular formula is C15H21ClN2O. The number of hydrogen-bond donors (Lipinski definition) is 1. The predicted octanol–water partition coefficient (Wildman–Crippen LogP) is 2.42. The van der Waals surface area contributed by atoms with Gasteiger partial charge in [0.05, 0.1) is 5.41 Å². The van der Waals surface area contributed by atoms with E-state index in [1.165, 1.54) is 0 Å². The van der Waals surface area contributed by atoms with Crippen molar-refractivity contribution < 1.29 is 4.79 Å². The molecule has 1 saturated heterocycles. The molecule has 0 radical (unpaired) electrons. The van der Waals surface area contributed by atoms with Gasteiger partial charge in [0.2, 0.25) is 5.91 Å². The summed E-state index contributed by atoms with van der Waals surface area (Å²) in [5, 5.41) is 0.691. The van der Waals surface area contributed by atoms with Crippen molar-refractivity contribution >= 4 is 17.5 Å². The Labute approximate surface area is 119 Å². The van der Waals surface area contributed by atoms with E-state index >= 15 is 0 Å². The highest BCUT2D eigenvalue weighted by Crippen LogP contribution is 2.29. The summed E-state index contributed by atoms with van der Waals surface area (Å²) in [7, 11) is 0. The molecule has 1 aliphatic heterocycles. The summed E-state index contributed by atoms with van der Waals surface area (Å²) in [4.78, 5) is 14.6.